The van der Waals surface area contributed by atoms with E-state index in [0.717, 1.165) is 5.56 Å². The summed E-state index contributed by atoms with van der Waals surface area (Å²) in [6.45, 7) is 6.29. The molecule has 1 unspecified atom stereocenters. The van der Waals surface area contributed by atoms with Gasteiger partial charge in [0.1, 0.15) is 11.8 Å². The summed E-state index contributed by atoms with van der Waals surface area (Å²) >= 11 is 0. The van der Waals surface area contributed by atoms with E-state index < -0.39 is 11.0 Å². The van der Waals surface area contributed by atoms with Gasteiger partial charge in [0, 0.05) is 25.2 Å². The summed E-state index contributed by atoms with van der Waals surface area (Å²) in [6, 6.07) is 12.8. The molecular formula is C24H31N3O6. The Morgan fingerprint density at radius 2 is 1.85 bits per heavy atom. The zero-order valence-corrected chi connectivity index (χ0v) is 19.4. The molecule has 2 amide bonds. The lowest BCUT2D eigenvalue weighted by molar-refractivity contribution is -0.385. The van der Waals surface area contributed by atoms with Crippen LogP contribution in [0.4, 0.5) is 5.69 Å². The smallest absolute Gasteiger partial charge is 0.311 e. The number of hydrogen-bond acceptors (Lipinski definition) is 6. The minimum atomic E-state index is -0.661. The van der Waals surface area contributed by atoms with Crippen LogP contribution < -0.4 is 14.8 Å². The Balaban J connectivity index is 2.20. The standard InChI is InChI=1S/C24H31N3O6/c1-5-20(24(29)25-14-17(2)3)26(15-18-9-7-6-8-10-18)23(28)16-33-19-11-12-21(27(30)31)22(13-19)32-4/h6-13,17,20H,5,14-16H2,1-4H3,(H,25,29). The molecule has 0 bridgehead atoms. The second-order valence-corrected chi connectivity index (χ2v) is 7.95. The van der Waals surface area contributed by atoms with Gasteiger partial charge < -0.3 is 19.7 Å². The number of benzene rings is 2. The molecule has 0 heterocycles. The highest BCUT2D eigenvalue weighted by Gasteiger charge is 2.29. The molecule has 1 atom stereocenters. The van der Waals surface area contributed by atoms with Gasteiger partial charge in [0.2, 0.25) is 11.7 Å². The van der Waals surface area contributed by atoms with Crippen molar-refractivity contribution < 1.29 is 24.0 Å². The quantitative estimate of drug-likeness (QED) is 0.385. The normalized spacial score (nSPS) is 11.5. The topological polar surface area (TPSA) is 111 Å². The van der Waals surface area contributed by atoms with E-state index in [1.165, 1.54) is 30.2 Å². The van der Waals surface area contributed by atoms with E-state index in [4.69, 9.17) is 9.47 Å². The molecule has 1 N–H and O–H groups in total. The zero-order valence-electron chi connectivity index (χ0n) is 19.4. The third kappa shape index (κ3) is 7.48. The van der Waals surface area contributed by atoms with E-state index >= 15 is 0 Å². The number of nitrogens with one attached hydrogen (secondary N) is 1. The largest absolute Gasteiger partial charge is 0.490 e. The van der Waals surface area contributed by atoms with Gasteiger partial charge in [-0.15, -0.1) is 0 Å². The predicted molar refractivity (Wildman–Crippen MR) is 124 cm³/mol. The van der Waals surface area contributed by atoms with Crippen LogP contribution in [-0.4, -0.2) is 47.9 Å². The Morgan fingerprint density at radius 3 is 2.42 bits per heavy atom. The minimum absolute atomic E-state index is 0.0330. The van der Waals surface area contributed by atoms with Crippen molar-refractivity contribution in [2.45, 2.75) is 39.8 Å². The van der Waals surface area contributed by atoms with Crippen LogP contribution >= 0.6 is 0 Å². The molecule has 0 aliphatic heterocycles. The second-order valence-electron chi connectivity index (χ2n) is 7.95. The number of hydrogen-bond donors (Lipinski definition) is 1. The lowest BCUT2D eigenvalue weighted by Gasteiger charge is -2.30. The monoisotopic (exact) mass is 457 g/mol. The summed E-state index contributed by atoms with van der Waals surface area (Å²) in [5, 5.41) is 14.0. The van der Waals surface area contributed by atoms with E-state index in [2.05, 4.69) is 5.32 Å². The number of ether oxygens (including phenoxy) is 2. The van der Waals surface area contributed by atoms with Crippen molar-refractivity contribution in [3.63, 3.8) is 0 Å². The maximum Gasteiger partial charge on any atom is 0.311 e. The van der Waals surface area contributed by atoms with Crippen molar-refractivity contribution in [1.29, 1.82) is 0 Å². The number of methoxy groups -OCH3 is 1. The third-order valence-electron chi connectivity index (χ3n) is 4.98. The second kappa shape index (κ2) is 12.4. The van der Waals surface area contributed by atoms with E-state index in [0.29, 0.717) is 13.0 Å². The van der Waals surface area contributed by atoms with Crippen LogP contribution in [0.1, 0.15) is 32.8 Å². The molecule has 0 spiro atoms. The molecule has 0 aliphatic carbocycles. The van der Waals surface area contributed by atoms with Gasteiger partial charge in [0.25, 0.3) is 5.91 Å². The van der Waals surface area contributed by atoms with Crippen molar-refractivity contribution in [2.24, 2.45) is 5.92 Å². The summed E-state index contributed by atoms with van der Waals surface area (Å²) in [7, 11) is 1.32. The zero-order chi connectivity index (χ0) is 24.4. The first-order valence-electron chi connectivity index (χ1n) is 10.8. The van der Waals surface area contributed by atoms with Crippen molar-refractivity contribution >= 4 is 17.5 Å². The average Bonchev–Trinajstić information content (AvgIpc) is 2.81. The molecule has 2 aromatic carbocycles. The van der Waals surface area contributed by atoms with Gasteiger partial charge in [-0.25, -0.2) is 0 Å². The molecule has 9 nitrogen and oxygen atoms in total. The summed E-state index contributed by atoms with van der Waals surface area (Å²) in [4.78, 5) is 38.0. The van der Waals surface area contributed by atoms with Gasteiger partial charge in [-0.2, -0.15) is 0 Å². The van der Waals surface area contributed by atoms with Crippen molar-refractivity contribution in [3.05, 3.63) is 64.2 Å². The van der Waals surface area contributed by atoms with Crippen molar-refractivity contribution in [1.82, 2.24) is 10.2 Å². The van der Waals surface area contributed by atoms with Crippen molar-refractivity contribution in [2.75, 3.05) is 20.3 Å². The lowest BCUT2D eigenvalue weighted by atomic mass is 10.1. The highest BCUT2D eigenvalue weighted by Crippen LogP contribution is 2.30. The molecule has 0 aromatic heterocycles. The molecule has 0 saturated heterocycles. The van der Waals surface area contributed by atoms with Gasteiger partial charge in [0.05, 0.1) is 12.0 Å². The fourth-order valence-electron chi connectivity index (χ4n) is 3.25. The maximum absolute atomic E-state index is 13.2. The number of nitro benzene ring substituents is 1. The summed E-state index contributed by atoms with van der Waals surface area (Å²) in [5.41, 5.74) is 0.688. The van der Waals surface area contributed by atoms with E-state index in [1.807, 2.05) is 51.1 Å². The van der Waals surface area contributed by atoms with Gasteiger partial charge in [-0.1, -0.05) is 51.1 Å². The number of rotatable bonds is 12. The van der Waals surface area contributed by atoms with Crippen LogP contribution in [0.15, 0.2) is 48.5 Å². The number of carbonyl (C=O) groups is 2. The summed E-state index contributed by atoms with van der Waals surface area (Å²) in [5.74, 6) is -0.0197. The minimum Gasteiger partial charge on any atom is -0.490 e. The Bertz CT molecular complexity index is 948. The predicted octanol–water partition coefficient (Wildman–Crippen LogP) is 3.56. The summed E-state index contributed by atoms with van der Waals surface area (Å²) < 4.78 is 10.7. The van der Waals surface area contributed by atoms with E-state index in [1.54, 1.807) is 0 Å². The van der Waals surface area contributed by atoms with Gasteiger partial charge >= 0.3 is 5.69 Å². The van der Waals surface area contributed by atoms with Crippen LogP contribution in [0.3, 0.4) is 0 Å². The van der Waals surface area contributed by atoms with Gasteiger partial charge in [-0.05, 0) is 24.0 Å². The molecule has 0 aliphatic rings. The van der Waals surface area contributed by atoms with Crippen LogP contribution in [0.5, 0.6) is 11.5 Å². The Hall–Kier alpha value is -3.62. The Labute approximate surface area is 193 Å². The number of nitro groups is 1. The molecule has 33 heavy (non-hydrogen) atoms. The first-order chi connectivity index (χ1) is 15.8. The van der Waals surface area contributed by atoms with Crippen LogP contribution in [0.25, 0.3) is 0 Å². The first-order valence-corrected chi connectivity index (χ1v) is 10.8. The highest BCUT2D eigenvalue weighted by molar-refractivity contribution is 5.88. The van der Waals surface area contributed by atoms with Crippen molar-refractivity contribution in [3.8, 4) is 11.5 Å². The number of carbonyl (C=O) groups excluding carboxylic acids is 2. The summed E-state index contributed by atoms with van der Waals surface area (Å²) in [6.07, 6.45) is 0.438. The van der Waals surface area contributed by atoms with E-state index in [9.17, 15) is 19.7 Å². The Kier molecular flexibility index (Phi) is 9.65. The third-order valence-corrected chi connectivity index (χ3v) is 4.98. The lowest BCUT2D eigenvalue weighted by Crippen LogP contribution is -2.50. The fraction of sp³-hybridized carbons (Fsp3) is 0.417. The number of amides is 2. The molecule has 2 aromatic rings. The molecule has 0 saturated carbocycles. The molecule has 2 rings (SSSR count). The van der Waals surface area contributed by atoms with Gasteiger partial charge in [0.15, 0.2) is 6.61 Å². The van der Waals surface area contributed by atoms with Crippen LogP contribution in [-0.2, 0) is 16.1 Å². The molecule has 0 radical (unpaired) electrons. The molecule has 178 valence electrons. The first kappa shape index (κ1) is 25.6. The SMILES string of the molecule is CCC(C(=O)NCC(C)C)N(Cc1ccccc1)C(=O)COc1ccc([N+](=O)[O-])c(OC)c1. The fourth-order valence-corrected chi connectivity index (χ4v) is 3.25. The van der Waals surface area contributed by atoms with Gasteiger partial charge in [-0.3, -0.25) is 19.7 Å². The van der Waals surface area contributed by atoms with Crippen LogP contribution in [0.2, 0.25) is 0 Å². The maximum atomic E-state index is 13.2. The van der Waals surface area contributed by atoms with E-state index in [-0.39, 0.29) is 48.1 Å². The average molecular weight is 458 g/mol. The molecular weight excluding hydrogens is 426 g/mol. The molecule has 0 fully saturated rings. The van der Waals surface area contributed by atoms with Crippen LogP contribution in [0, 0.1) is 16.0 Å². The molecule has 9 heteroatoms. The number of nitrogens with zero attached hydrogens (tertiary/aromatic N) is 2. The highest BCUT2D eigenvalue weighted by atomic mass is 16.6. The Morgan fingerprint density at radius 1 is 1.15 bits per heavy atom.